The van der Waals surface area contributed by atoms with Gasteiger partial charge in [-0.3, -0.25) is 0 Å². The Kier molecular flexibility index (Phi) is 4.89. The molecule has 0 saturated carbocycles. The molecule has 1 aromatic heterocycles. The fraction of sp³-hybridized carbons (Fsp3) is 0.400. The largest absolute Gasteiger partial charge is 0.383 e. The lowest BCUT2D eigenvalue weighted by molar-refractivity contribution is 0.0482. The number of nitrogens with one attached hydrogen (secondary N) is 1. The minimum absolute atomic E-state index is 0.439. The number of ether oxygens (including phenoxy) is 1. The highest BCUT2D eigenvalue weighted by Crippen LogP contribution is 2.22. The molecule has 5 heteroatoms. The van der Waals surface area contributed by atoms with Crippen LogP contribution in [0, 0.1) is 0 Å². The summed E-state index contributed by atoms with van der Waals surface area (Å²) in [4.78, 5) is 0. The maximum Gasteiger partial charge on any atom is 0.116 e. The van der Waals surface area contributed by atoms with Crippen LogP contribution in [-0.2, 0) is 10.3 Å². The van der Waals surface area contributed by atoms with E-state index in [2.05, 4.69) is 10.4 Å². The summed E-state index contributed by atoms with van der Waals surface area (Å²) in [6.07, 6.45) is 1.70. The third kappa shape index (κ3) is 3.45. The van der Waals surface area contributed by atoms with E-state index in [0.29, 0.717) is 19.7 Å². The van der Waals surface area contributed by atoms with E-state index in [0.717, 1.165) is 11.4 Å². The summed E-state index contributed by atoms with van der Waals surface area (Å²) in [5, 5.41) is 18.1. The van der Waals surface area contributed by atoms with E-state index in [9.17, 15) is 5.11 Å². The fourth-order valence-corrected chi connectivity index (χ4v) is 2.08. The molecule has 0 spiro atoms. The van der Waals surface area contributed by atoms with Gasteiger partial charge < -0.3 is 15.2 Å². The minimum atomic E-state index is -1.000. The Labute approximate surface area is 119 Å². The first kappa shape index (κ1) is 14.7. The van der Waals surface area contributed by atoms with E-state index in [-0.39, 0.29) is 0 Å². The first-order valence-electron chi connectivity index (χ1n) is 6.67. The summed E-state index contributed by atoms with van der Waals surface area (Å²) in [6.45, 7) is 3.54. The zero-order valence-corrected chi connectivity index (χ0v) is 11.9. The van der Waals surface area contributed by atoms with Gasteiger partial charge >= 0.3 is 0 Å². The molecule has 2 rings (SSSR count). The first-order valence-corrected chi connectivity index (χ1v) is 6.67. The Morgan fingerprint density at radius 3 is 2.75 bits per heavy atom. The molecular weight excluding hydrogens is 254 g/mol. The standard InChI is InChI=1S/C15H21N3O2/c1-15(19,12-16-10-11-20-2)14-8-9-17-18(14)13-6-4-3-5-7-13/h3-9,16,19H,10-12H2,1-2H3. The van der Waals surface area contributed by atoms with Gasteiger partial charge in [0.15, 0.2) is 0 Å². The van der Waals surface area contributed by atoms with Gasteiger partial charge in [0.25, 0.3) is 0 Å². The first-order chi connectivity index (χ1) is 9.65. The minimum Gasteiger partial charge on any atom is -0.383 e. The zero-order chi connectivity index (χ0) is 14.4. The van der Waals surface area contributed by atoms with Crippen LogP contribution in [-0.4, -0.2) is 41.7 Å². The van der Waals surface area contributed by atoms with E-state index in [4.69, 9.17) is 4.74 Å². The van der Waals surface area contributed by atoms with Crippen LogP contribution in [0.2, 0.25) is 0 Å². The molecule has 0 aliphatic carbocycles. The molecule has 1 unspecified atom stereocenters. The predicted molar refractivity (Wildman–Crippen MR) is 77.9 cm³/mol. The summed E-state index contributed by atoms with van der Waals surface area (Å²) in [6, 6.07) is 11.6. The van der Waals surface area contributed by atoms with Crippen LogP contribution >= 0.6 is 0 Å². The van der Waals surface area contributed by atoms with Crippen LogP contribution in [0.25, 0.3) is 5.69 Å². The van der Waals surface area contributed by atoms with E-state index in [1.165, 1.54) is 0 Å². The van der Waals surface area contributed by atoms with Crippen LogP contribution in [0.3, 0.4) is 0 Å². The van der Waals surface area contributed by atoms with Crippen molar-refractivity contribution in [3.8, 4) is 5.69 Å². The lowest BCUT2D eigenvalue weighted by Gasteiger charge is -2.25. The lowest BCUT2D eigenvalue weighted by atomic mass is 10.0. The average molecular weight is 275 g/mol. The Bertz CT molecular complexity index is 523. The molecule has 2 N–H and O–H groups in total. The van der Waals surface area contributed by atoms with Gasteiger partial charge in [0.2, 0.25) is 0 Å². The van der Waals surface area contributed by atoms with Gasteiger partial charge in [-0.25, -0.2) is 4.68 Å². The second kappa shape index (κ2) is 6.65. The van der Waals surface area contributed by atoms with Gasteiger partial charge in [0.05, 0.1) is 18.0 Å². The smallest absolute Gasteiger partial charge is 0.116 e. The third-order valence-corrected chi connectivity index (χ3v) is 3.15. The van der Waals surface area contributed by atoms with Crippen molar-refractivity contribution in [3.05, 3.63) is 48.3 Å². The fourth-order valence-electron chi connectivity index (χ4n) is 2.08. The SMILES string of the molecule is COCCNCC(C)(O)c1ccnn1-c1ccccc1. The second-order valence-corrected chi connectivity index (χ2v) is 4.91. The van der Waals surface area contributed by atoms with Crippen molar-refractivity contribution >= 4 is 0 Å². The van der Waals surface area contributed by atoms with E-state index in [1.807, 2.05) is 36.4 Å². The maximum atomic E-state index is 10.7. The predicted octanol–water partition coefficient (Wildman–Crippen LogP) is 1.32. The molecule has 1 aromatic carbocycles. The summed E-state index contributed by atoms with van der Waals surface area (Å²) >= 11 is 0. The number of para-hydroxylation sites is 1. The normalized spacial score (nSPS) is 14.2. The summed E-state index contributed by atoms with van der Waals surface area (Å²) in [7, 11) is 1.66. The van der Waals surface area contributed by atoms with Crippen molar-refractivity contribution in [2.75, 3.05) is 26.8 Å². The summed E-state index contributed by atoms with van der Waals surface area (Å²) in [5.74, 6) is 0. The van der Waals surface area contributed by atoms with Gasteiger partial charge in [-0.1, -0.05) is 18.2 Å². The van der Waals surface area contributed by atoms with Crippen molar-refractivity contribution in [3.63, 3.8) is 0 Å². The van der Waals surface area contributed by atoms with Gasteiger partial charge in [-0.05, 0) is 25.1 Å². The van der Waals surface area contributed by atoms with Crippen LogP contribution in [0.5, 0.6) is 0 Å². The van der Waals surface area contributed by atoms with E-state index >= 15 is 0 Å². The Morgan fingerprint density at radius 2 is 2.05 bits per heavy atom. The summed E-state index contributed by atoms with van der Waals surface area (Å²) < 4.78 is 6.74. The van der Waals surface area contributed by atoms with Crippen molar-refractivity contribution in [1.82, 2.24) is 15.1 Å². The van der Waals surface area contributed by atoms with Crippen LogP contribution in [0.15, 0.2) is 42.6 Å². The molecule has 0 aliphatic heterocycles. The quantitative estimate of drug-likeness (QED) is 0.748. The van der Waals surface area contributed by atoms with Gasteiger partial charge in [-0.15, -0.1) is 0 Å². The number of aromatic nitrogens is 2. The number of methoxy groups -OCH3 is 1. The Morgan fingerprint density at radius 1 is 1.30 bits per heavy atom. The monoisotopic (exact) mass is 275 g/mol. The summed E-state index contributed by atoms with van der Waals surface area (Å²) in [5.41, 5.74) is 0.693. The molecule has 5 nitrogen and oxygen atoms in total. The highest BCUT2D eigenvalue weighted by molar-refractivity contribution is 5.33. The van der Waals surface area contributed by atoms with Gasteiger partial charge in [0.1, 0.15) is 5.60 Å². The molecule has 0 radical (unpaired) electrons. The van der Waals surface area contributed by atoms with Crippen molar-refractivity contribution in [2.45, 2.75) is 12.5 Å². The molecule has 20 heavy (non-hydrogen) atoms. The van der Waals surface area contributed by atoms with Crippen LogP contribution in [0.4, 0.5) is 0 Å². The molecular formula is C15H21N3O2. The van der Waals surface area contributed by atoms with Gasteiger partial charge in [0, 0.05) is 26.4 Å². The molecule has 0 amide bonds. The zero-order valence-electron chi connectivity index (χ0n) is 11.9. The molecule has 1 atom stereocenters. The number of nitrogens with zero attached hydrogens (tertiary/aromatic N) is 2. The molecule has 108 valence electrons. The number of benzene rings is 1. The number of aliphatic hydroxyl groups is 1. The van der Waals surface area contributed by atoms with E-state index < -0.39 is 5.60 Å². The van der Waals surface area contributed by atoms with Crippen LogP contribution < -0.4 is 5.32 Å². The molecule has 2 aromatic rings. The maximum absolute atomic E-state index is 10.7. The van der Waals surface area contributed by atoms with E-state index in [1.54, 1.807) is 24.9 Å². The molecule has 1 heterocycles. The number of hydrogen-bond acceptors (Lipinski definition) is 4. The third-order valence-electron chi connectivity index (χ3n) is 3.15. The van der Waals surface area contributed by atoms with Crippen molar-refractivity contribution in [2.24, 2.45) is 0 Å². The number of hydrogen-bond donors (Lipinski definition) is 2. The Balaban J connectivity index is 2.14. The average Bonchev–Trinajstić information content (AvgIpc) is 2.95. The van der Waals surface area contributed by atoms with Gasteiger partial charge in [-0.2, -0.15) is 5.10 Å². The topological polar surface area (TPSA) is 59.3 Å². The molecule has 0 aliphatic rings. The lowest BCUT2D eigenvalue weighted by Crippen LogP contribution is -2.38. The van der Waals surface area contributed by atoms with Crippen molar-refractivity contribution < 1.29 is 9.84 Å². The molecule has 0 fully saturated rings. The molecule has 0 saturated heterocycles. The van der Waals surface area contributed by atoms with Crippen molar-refractivity contribution in [1.29, 1.82) is 0 Å². The highest BCUT2D eigenvalue weighted by Gasteiger charge is 2.27. The molecule has 0 bridgehead atoms. The second-order valence-electron chi connectivity index (χ2n) is 4.91. The number of rotatable bonds is 7. The Hall–Kier alpha value is -1.69. The van der Waals surface area contributed by atoms with Crippen LogP contribution in [0.1, 0.15) is 12.6 Å². The highest BCUT2D eigenvalue weighted by atomic mass is 16.5.